The smallest absolute Gasteiger partial charge is 0.276 e. The van der Waals surface area contributed by atoms with E-state index in [0.29, 0.717) is 24.1 Å². The Morgan fingerprint density at radius 2 is 2.00 bits per heavy atom. The zero-order valence-electron chi connectivity index (χ0n) is 11.7. The molecule has 116 valence electrons. The summed E-state index contributed by atoms with van der Waals surface area (Å²) in [6, 6.07) is 4.15. The summed E-state index contributed by atoms with van der Waals surface area (Å²) in [5, 5.41) is 7.81. The molecule has 1 heterocycles. The number of benzene rings is 1. The lowest BCUT2D eigenvalue weighted by Gasteiger charge is -2.29. The van der Waals surface area contributed by atoms with Crippen LogP contribution in [-0.4, -0.2) is 31.7 Å². The number of carbonyl (C=O) groups is 1. The van der Waals surface area contributed by atoms with Gasteiger partial charge in [-0.05, 0) is 43.5 Å². The van der Waals surface area contributed by atoms with Gasteiger partial charge >= 0.3 is 0 Å². The molecule has 1 aliphatic heterocycles. The second-order valence-electron chi connectivity index (χ2n) is 5.17. The van der Waals surface area contributed by atoms with E-state index in [-0.39, 0.29) is 30.7 Å². The van der Waals surface area contributed by atoms with Crippen molar-refractivity contribution in [3.8, 4) is 0 Å². The average molecular weight is 315 g/mol. The van der Waals surface area contributed by atoms with Gasteiger partial charge in [-0.1, -0.05) is 0 Å². The highest BCUT2D eigenvalue weighted by Gasteiger charge is 2.29. The minimum absolute atomic E-state index is 0.182. The Labute approximate surface area is 123 Å². The molecule has 1 aliphatic rings. The SMILES string of the molecule is Cc1cc(F)ccc1NC(=O)C1CCN(S(N)(=O)=O)CC1. The third-order valence-electron chi connectivity index (χ3n) is 3.63. The van der Waals surface area contributed by atoms with Crippen LogP contribution in [0.25, 0.3) is 0 Å². The molecule has 0 radical (unpaired) electrons. The van der Waals surface area contributed by atoms with Crippen molar-refractivity contribution < 1.29 is 17.6 Å². The van der Waals surface area contributed by atoms with Gasteiger partial charge in [-0.3, -0.25) is 4.79 Å². The van der Waals surface area contributed by atoms with Gasteiger partial charge in [0, 0.05) is 24.7 Å². The molecular formula is C13H18FN3O3S. The van der Waals surface area contributed by atoms with E-state index >= 15 is 0 Å². The minimum Gasteiger partial charge on any atom is -0.326 e. The average Bonchev–Trinajstić information content (AvgIpc) is 2.41. The first-order chi connectivity index (χ1) is 9.77. The predicted molar refractivity (Wildman–Crippen MR) is 77.2 cm³/mol. The summed E-state index contributed by atoms with van der Waals surface area (Å²) in [5.41, 5.74) is 1.21. The number of rotatable bonds is 3. The molecule has 1 saturated heterocycles. The van der Waals surface area contributed by atoms with Crippen LogP contribution >= 0.6 is 0 Å². The highest BCUT2D eigenvalue weighted by Crippen LogP contribution is 2.22. The molecule has 0 aliphatic carbocycles. The minimum atomic E-state index is -3.69. The lowest BCUT2D eigenvalue weighted by atomic mass is 9.97. The predicted octanol–water partition coefficient (Wildman–Crippen LogP) is 0.988. The zero-order valence-corrected chi connectivity index (χ0v) is 12.5. The lowest BCUT2D eigenvalue weighted by molar-refractivity contribution is -0.120. The fraction of sp³-hybridized carbons (Fsp3) is 0.462. The molecule has 1 aromatic rings. The number of hydrogen-bond acceptors (Lipinski definition) is 3. The van der Waals surface area contributed by atoms with Gasteiger partial charge in [0.1, 0.15) is 5.82 Å². The summed E-state index contributed by atoms with van der Waals surface area (Å²) >= 11 is 0. The van der Waals surface area contributed by atoms with E-state index in [1.54, 1.807) is 6.92 Å². The van der Waals surface area contributed by atoms with E-state index in [4.69, 9.17) is 5.14 Å². The van der Waals surface area contributed by atoms with Gasteiger partial charge < -0.3 is 5.32 Å². The van der Waals surface area contributed by atoms with Crippen LogP contribution in [0.1, 0.15) is 18.4 Å². The summed E-state index contributed by atoms with van der Waals surface area (Å²) < 4.78 is 36.6. The third kappa shape index (κ3) is 3.99. The highest BCUT2D eigenvalue weighted by atomic mass is 32.2. The van der Waals surface area contributed by atoms with Gasteiger partial charge in [0.2, 0.25) is 5.91 Å². The number of amides is 1. The number of carbonyl (C=O) groups excluding carboxylic acids is 1. The van der Waals surface area contributed by atoms with Crippen molar-refractivity contribution in [1.82, 2.24) is 4.31 Å². The van der Waals surface area contributed by atoms with Crippen LogP contribution in [0.2, 0.25) is 0 Å². The van der Waals surface area contributed by atoms with Gasteiger partial charge in [-0.25, -0.2) is 9.53 Å². The molecule has 1 amide bonds. The molecule has 8 heteroatoms. The molecule has 0 unspecified atom stereocenters. The topological polar surface area (TPSA) is 92.5 Å². The second kappa shape index (κ2) is 6.08. The van der Waals surface area contributed by atoms with Gasteiger partial charge in [0.25, 0.3) is 10.2 Å². The molecule has 1 fully saturated rings. The van der Waals surface area contributed by atoms with E-state index in [0.717, 1.165) is 0 Å². The van der Waals surface area contributed by atoms with Gasteiger partial charge in [-0.15, -0.1) is 0 Å². The van der Waals surface area contributed by atoms with Crippen LogP contribution in [0, 0.1) is 18.7 Å². The Hall–Kier alpha value is -1.51. The molecule has 6 nitrogen and oxygen atoms in total. The number of nitrogens with zero attached hydrogens (tertiary/aromatic N) is 1. The Bertz CT molecular complexity index is 640. The van der Waals surface area contributed by atoms with Crippen LogP contribution < -0.4 is 10.5 Å². The second-order valence-corrected chi connectivity index (χ2v) is 6.71. The fourth-order valence-corrected chi connectivity index (χ4v) is 3.09. The van der Waals surface area contributed by atoms with Crippen molar-refractivity contribution in [1.29, 1.82) is 0 Å². The van der Waals surface area contributed by atoms with E-state index < -0.39 is 10.2 Å². The molecule has 0 spiro atoms. The largest absolute Gasteiger partial charge is 0.326 e. The highest BCUT2D eigenvalue weighted by molar-refractivity contribution is 7.86. The van der Waals surface area contributed by atoms with Crippen molar-refractivity contribution in [2.45, 2.75) is 19.8 Å². The van der Waals surface area contributed by atoms with E-state index in [1.165, 1.54) is 22.5 Å². The molecule has 1 aromatic carbocycles. The third-order valence-corrected chi connectivity index (χ3v) is 4.72. The number of hydrogen-bond donors (Lipinski definition) is 2. The number of anilines is 1. The Morgan fingerprint density at radius 1 is 1.38 bits per heavy atom. The van der Waals surface area contributed by atoms with Crippen LogP contribution in [0.5, 0.6) is 0 Å². The molecule has 0 atom stereocenters. The Kier molecular flexibility index (Phi) is 4.60. The molecule has 3 N–H and O–H groups in total. The van der Waals surface area contributed by atoms with Crippen molar-refractivity contribution in [2.24, 2.45) is 11.1 Å². The fourth-order valence-electron chi connectivity index (χ4n) is 2.37. The van der Waals surface area contributed by atoms with E-state index in [1.807, 2.05) is 0 Å². The molecule has 0 bridgehead atoms. The standard InChI is InChI=1S/C13H18FN3O3S/c1-9-8-11(14)2-3-12(9)16-13(18)10-4-6-17(7-5-10)21(15,19)20/h2-3,8,10H,4-7H2,1H3,(H,16,18)(H2,15,19,20). The first-order valence-electron chi connectivity index (χ1n) is 6.62. The van der Waals surface area contributed by atoms with Crippen molar-refractivity contribution >= 4 is 21.8 Å². The van der Waals surface area contributed by atoms with Gasteiger partial charge in [0.05, 0.1) is 0 Å². The normalized spacial score (nSPS) is 17.7. The maximum atomic E-state index is 13.0. The van der Waals surface area contributed by atoms with Crippen LogP contribution in [0.3, 0.4) is 0 Å². The van der Waals surface area contributed by atoms with Crippen molar-refractivity contribution in [3.05, 3.63) is 29.6 Å². The van der Waals surface area contributed by atoms with Crippen LogP contribution in [0.4, 0.5) is 10.1 Å². The monoisotopic (exact) mass is 315 g/mol. The number of halogens is 1. The maximum Gasteiger partial charge on any atom is 0.276 e. The molecule has 2 rings (SSSR count). The van der Waals surface area contributed by atoms with Gasteiger partial charge in [-0.2, -0.15) is 12.7 Å². The van der Waals surface area contributed by atoms with Crippen molar-refractivity contribution in [3.63, 3.8) is 0 Å². The van der Waals surface area contributed by atoms with Crippen molar-refractivity contribution in [2.75, 3.05) is 18.4 Å². The number of nitrogens with one attached hydrogen (secondary N) is 1. The summed E-state index contributed by atoms with van der Waals surface area (Å²) in [4.78, 5) is 12.2. The van der Waals surface area contributed by atoms with E-state index in [9.17, 15) is 17.6 Å². The Balaban J connectivity index is 1.96. The van der Waals surface area contributed by atoms with Crippen LogP contribution in [-0.2, 0) is 15.0 Å². The summed E-state index contributed by atoms with van der Waals surface area (Å²) in [6.45, 7) is 2.18. The maximum absolute atomic E-state index is 13.0. The number of aryl methyl sites for hydroxylation is 1. The summed E-state index contributed by atoms with van der Waals surface area (Å²) in [7, 11) is -3.69. The lowest BCUT2D eigenvalue weighted by Crippen LogP contribution is -2.44. The first-order valence-corrected chi connectivity index (χ1v) is 8.12. The quantitative estimate of drug-likeness (QED) is 0.871. The molecular weight excluding hydrogens is 297 g/mol. The molecule has 0 saturated carbocycles. The first kappa shape index (κ1) is 15.9. The Morgan fingerprint density at radius 3 is 2.52 bits per heavy atom. The molecule has 21 heavy (non-hydrogen) atoms. The number of piperidine rings is 1. The summed E-state index contributed by atoms with van der Waals surface area (Å²) in [6.07, 6.45) is 0.838. The zero-order chi connectivity index (χ0) is 15.6. The van der Waals surface area contributed by atoms with Gasteiger partial charge in [0.15, 0.2) is 0 Å². The number of nitrogens with two attached hydrogens (primary N) is 1. The van der Waals surface area contributed by atoms with E-state index in [2.05, 4.69) is 5.32 Å². The molecule has 0 aromatic heterocycles. The van der Waals surface area contributed by atoms with Crippen LogP contribution in [0.15, 0.2) is 18.2 Å². The summed E-state index contributed by atoms with van der Waals surface area (Å²) in [5.74, 6) is -0.807.